The van der Waals surface area contributed by atoms with E-state index in [0.717, 1.165) is 24.2 Å². The Morgan fingerprint density at radius 2 is 1.06 bits per heavy atom. The lowest BCUT2D eigenvalue weighted by Gasteiger charge is -2.23. The van der Waals surface area contributed by atoms with Crippen LogP contribution < -0.4 is 10.6 Å². The fourth-order valence-electron chi connectivity index (χ4n) is 6.11. The number of hydrogen-bond acceptors (Lipinski definition) is 16. The van der Waals surface area contributed by atoms with Crippen LogP contribution in [0.1, 0.15) is 98.8 Å². The molecule has 0 unspecified atom stereocenters. The van der Waals surface area contributed by atoms with Gasteiger partial charge in [-0.2, -0.15) is 0 Å². The number of alkyl carbamates (subject to hydrolysis) is 1. The molecule has 1 aliphatic rings. The second-order valence-electron chi connectivity index (χ2n) is 16.8. The highest BCUT2D eigenvalue weighted by Crippen LogP contribution is 2.18. The van der Waals surface area contributed by atoms with Crippen molar-refractivity contribution in [3.8, 4) is 0 Å². The van der Waals surface area contributed by atoms with E-state index in [1.54, 1.807) is 34.6 Å². The van der Waals surface area contributed by atoms with Crippen molar-refractivity contribution in [2.45, 2.75) is 110 Å². The smallest absolute Gasteiger partial charge is 0.407 e. The summed E-state index contributed by atoms with van der Waals surface area (Å²) < 4.78 is 49.0. The second kappa shape index (κ2) is 38.1. The van der Waals surface area contributed by atoms with Crippen molar-refractivity contribution in [1.82, 2.24) is 15.5 Å². The fraction of sp³-hybridized carbons (Fsp3) is 0.804. The summed E-state index contributed by atoms with van der Waals surface area (Å²) in [6.45, 7) is 15.7. The third kappa shape index (κ3) is 33.6. The van der Waals surface area contributed by atoms with Crippen molar-refractivity contribution in [3.63, 3.8) is 0 Å². The number of Topliss-reactive ketones (excluding diaryl/α,β-unsaturated/α-hetero) is 2. The molecule has 0 aromatic heterocycles. The van der Waals surface area contributed by atoms with Crippen molar-refractivity contribution in [2.24, 2.45) is 11.8 Å². The minimum absolute atomic E-state index is 0.0198. The number of amides is 4. The lowest BCUT2D eigenvalue weighted by Crippen LogP contribution is -2.45. The van der Waals surface area contributed by atoms with Gasteiger partial charge in [-0.05, 0) is 46.0 Å². The van der Waals surface area contributed by atoms with Gasteiger partial charge < -0.3 is 58.4 Å². The summed E-state index contributed by atoms with van der Waals surface area (Å²) in [7, 11) is 0. The van der Waals surface area contributed by atoms with Crippen molar-refractivity contribution < 1.29 is 81.3 Å². The largest absolute Gasteiger partial charge is 0.481 e. The molecule has 66 heavy (non-hydrogen) atoms. The number of ketones is 2. The maximum Gasteiger partial charge on any atom is 0.407 e. The van der Waals surface area contributed by atoms with Crippen LogP contribution in [0.25, 0.3) is 0 Å². The molecule has 3 N–H and O–H groups in total. The summed E-state index contributed by atoms with van der Waals surface area (Å²) in [4.78, 5) is 85.3. The molecule has 0 saturated carbocycles. The second-order valence-corrected chi connectivity index (χ2v) is 16.8. The average molecular weight is 946 g/mol. The van der Waals surface area contributed by atoms with Gasteiger partial charge >= 0.3 is 12.1 Å². The van der Waals surface area contributed by atoms with Crippen LogP contribution in [0.5, 0.6) is 0 Å². The molecular weight excluding hydrogens is 867 g/mol. The van der Waals surface area contributed by atoms with Crippen molar-refractivity contribution in [1.29, 1.82) is 0 Å². The van der Waals surface area contributed by atoms with Gasteiger partial charge in [0.15, 0.2) is 5.78 Å². The first kappa shape index (κ1) is 60.1. The number of unbranched alkanes of at least 4 members (excludes halogenated alkanes) is 3. The van der Waals surface area contributed by atoms with Crippen LogP contribution in [-0.2, 0) is 71.4 Å². The van der Waals surface area contributed by atoms with Crippen molar-refractivity contribution in [2.75, 3.05) is 119 Å². The van der Waals surface area contributed by atoms with E-state index >= 15 is 0 Å². The highest BCUT2D eigenvalue weighted by molar-refractivity contribution is 6.13. The molecule has 4 amide bonds. The number of imide groups is 1. The summed E-state index contributed by atoms with van der Waals surface area (Å²) in [5.74, 6) is -3.54. The first-order valence-electron chi connectivity index (χ1n) is 23.3. The van der Waals surface area contributed by atoms with Crippen LogP contribution >= 0.6 is 0 Å². The molecule has 1 rings (SSSR count). The molecular formula is C46H79N3O17. The van der Waals surface area contributed by atoms with Gasteiger partial charge in [-0.1, -0.05) is 33.1 Å². The Morgan fingerprint density at radius 1 is 0.606 bits per heavy atom. The number of carboxylic acids is 1. The molecule has 0 aliphatic carbocycles. The van der Waals surface area contributed by atoms with Crippen LogP contribution in [0.15, 0.2) is 12.2 Å². The molecule has 0 radical (unpaired) electrons. The number of rotatable bonds is 44. The summed E-state index contributed by atoms with van der Waals surface area (Å²) >= 11 is 0. The molecule has 0 aromatic carbocycles. The molecule has 0 fully saturated rings. The Morgan fingerprint density at radius 3 is 1.52 bits per heavy atom. The van der Waals surface area contributed by atoms with Crippen LogP contribution in [0.4, 0.5) is 4.79 Å². The summed E-state index contributed by atoms with van der Waals surface area (Å²) in [6.07, 6.45) is 6.12. The molecule has 0 bridgehead atoms. The number of hydrogen-bond donors (Lipinski definition) is 3. The van der Waals surface area contributed by atoms with Crippen LogP contribution in [-0.4, -0.2) is 182 Å². The SMILES string of the molecule is CC(C)[C@H](NC(=O)CCOCCOCCOCCOCCOCCOCCOCCOCCCC(=O)CCN1C(=O)C=CC1=O)C(=O)C[C@@H](CCCCCCNC(=O)OC(C)(C)C)C(=O)O. The average Bonchev–Trinajstić information content (AvgIpc) is 3.58. The van der Waals surface area contributed by atoms with Gasteiger partial charge in [0.25, 0.3) is 11.8 Å². The fourth-order valence-corrected chi connectivity index (χ4v) is 6.11. The zero-order valence-electron chi connectivity index (χ0n) is 40.1. The number of aliphatic carboxylic acids is 1. The number of ether oxygens (including phenoxy) is 9. The van der Waals surface area contributed by atoms with Gasteiger partial charge in [-0.25, -0.2) is 4.79 Å². The van der Waals surface area contributed by atoms with Crippen LogP contribution in [0, 0.1) is 11.8 Å². The number of carbonyl (C=O) groups excluding carboxylic acids is 6. The minimum atomic E-state index is -1.04. The first-order valence-corrected chi connectivity index (χ1v) is 23.3. The monoisotopic (exact) mass is 946 g/mol. The quantitative estimate of drug-likeness (QED) is 0.0584. The topological polar surface area (TPSA) is 250 Å². The number of nitrogens with zero attached hydrogens (tertiary/aromatic N) is 1. The van der Waals surface area contributed by atoms with E-state index in [9.17, 15) is 38.7 Å². The van der Waals surface area contributed by atoms with Gasteiger partial charge in [0.05, 0.1) is 111 Å². The lowest BCUT2D eigenvalue weighted by molar-refractivity contribution is -0.144. The maximum atomic E-state index is 13.1. The van der Waals surface area contributed by atoms with Gasteiger partial charge in [0.1, 0.15) is 11.4 Å². The third-order valence-electron chi connectivity index (χ3n) is 9.61. The molecule has 1 heterocycles. The molecule has 20 heteroatoms. The minimum Gasteiger partial charge on any atom is -0.481 e. The molecule has 380 valence electrons. The van der Waals surface area contributed by atoms with E-state index in [1.165, 1.54) is 12.2 Å². The molecule has 20 nitrogen and oxygen atoms in total. The molecule has 0 spiro atoms. The van der Waals surface area contributed by atoms with Crippen LogP contribution in [0.3, 0.4) is 0 Å². The molecule has 0 saturated heterocycles. The number of carboxylic acid groups (broad SMARTS) is 1. The van der Waals surface area contributed by atoms with E-state index in [0.29, 0.717) is 125 Å². The zero-order chi connectivity index (χ0) is 48.8. The van der Waals surface area contributed by atoms with E-state index in [4.69, 9.17) is 42.6 Å². The Labute approximate surface area is 390 Å². The predicted molar refractivity (Wildman–Crippen MR) is 241 cm³/mol. The lowest BCUT2D eigenvalue weighted by atomic mass is 9.89. The summed E-state index contributed by atoms with van der Waals surface area (Å²) in [5.41, 5.74) is -0.564. The highest BCUT2D eigenvalue weighted by Gasteiger charge is 2.29. The molecule has 2 atom stereocenters. The number of carbonyl (C=O) groups is 7. The Bertz CT molecular complexity index is 1400. The van der Waals surface area contributed by atoms with E-state index < -0.39 is 29.6 Å². The standard InChI is InChI=1S/C46H79N3O17/c1-36(2)43(39(51)35-37(44(55)56)11-8-6-7-9-17-47-45(57)66-46(3,4)5)48-40(52)16-20-59-22-24-61-26-28-63-30-32-65-34-33-64-31-29-62-27-25-60-23-21-58-19-10-12-38(50)15-18-49-41(53)13-14-42(49)54/h13-14,36-37,43H,6-12,15-35H2,1-5H3,(H,47,57)(H,48,52)(H,55,56)/t37-,43+/m1/s1. The van der Waals surface area contributed by atoms with E-state index in [1.807, 2.05) is 0 Å². The Kier molecular flexibility index (Phi) is 34.7. The first-order chi connectivity index (χ1) is 31.6. The van der Waals surface area contributed by atoms with Gasteiger partial charge in [0, 0.05) is 57.5 Å². The maximum absolute atomic E-state index is 13.1. The number of nitrogens with one attached hydrogen (secondary N) is 2. The predicted octanol–water partition coefficient (Wildman–Crippen LogP) is 3.45. The zero-order valence-corrected chi connectivity index (χ0v) is 40.1. The Hall–Kier alpha value is -3.89. The van der Waals surface area contributed by atoms with Gasteiger partial charge in [-0.3, -0.25) is 33.7 Å². The van der Waals surface area contributed by atoms with E-state index in [-0.39, 0.29) is 74.2 Å². The highest BCUT2D eigenvalue weighted by atomic mass is 16.6. The van der Waals surface area contributed by atoms with Crippen molar-refractivity contribution >= 4 is 41.4 Å². The summed E-state index contributed by atoms with van der Waals surface area (Å²) in [6, 6.07) is -0.796. The summed E-state index contributed by atoms with van der Waals surface area (Å²) in [5, 5.41) is 15.2. The third-order valence-corrected chi connectivity index (χ3v) is 9.61. The molecule has 0 aromatic rings. The Balaban J connectivity index is 1.90. The van der Waals surface area contributed by atoms with Crippen LogP contribution in [0.2, 0.25) is 0 Å². The van der Waals surface area contributed by atoms with E-state index in [2.05, 4.69) is 10.6 Å². The normalized spacial score (nSPS) is 13.6. The molecule has 1 aliphatic heterocycles. The van der Waals surface area contributed by atoms with Gasteiger partial charge in [0.2, 0.25) is 5.91 Å². The van der Waals surface area contributed by atoms with Gasteiger partial charge in [-0.15, -0.1) is 0 Å². The van der Waals surface area contributed by atoms with Crippen molar-refractivity contribution in [3.05, 3.63) is 12.2 Å².